The van der Waals surface area contributed by atoms with Crippen LogP contribution >= 0.6 is 11.3 Å². The quantitative estimate of drug-likeness (QED) is 0.179. The summed E-state index contributed by atoms with van der Waals surface area (Å²) in [6.45, 7) is 0. The van der Waals surface area contributed by atoms with Crippen molar-refractivity contribution in [1.82, 2.24) is 0 Å². The van der Waals surface area contributed by atoms with Crippen LogP contribution in [0.15, 0.2) is 170 Å². The molecule has 1 aromatic heterocycles. The summed E-state index contributed by atoms with van der Waals surface area (Å²) >= 11 is 1.90. The molecule has 0 N–H and O–H groups in total. The molecule has 0 aliphatic heterocycles. The lowest BCUT2D eigenvalue weighted by Crippen LogP contribution is -1.91. The monoisotopic (exact) mass is 588 g/mol. The zero-order chi connectivity index (χ0) is 29.7. The third kappa shape index (κ3) is 4.20. The Bertz CT molecular complexity index is 2460. The van der Waals surface area contributed by atoms with Gasteiger partial charge in [-0.3, -0.25) is 0 Å². The molecule has 0 nitrogen and oxygen atoms in total. The Morgan fingerprint density at radius 1 is 0.311 bits per heavy atom. The average molecular weight is 589 g/mol. The molecule has 0 fully saturated rings. The highest BCUT2D eigenvalue weighted by atomic mass is 32.1. The molecule has 0 aliphatic carbocycles. The number of benzene rings is 8. The lowest BCUT2D eigenvalue weighted by molar-refractivity contribution is 1.61. The molecule has 0 atom stereocenters. The zero-order valence-electron chi connectivity index (χ0n) is 24.6. The Kier molecular flexibility index (Phi) is 6.11. The number of hydrogen-bond acceptors (Lipinski definition) is 1. The van der Waals surface area contributed by atoms with Crippen molar-refractivity contribution in [3.05, 3.63) is 170 Å². The van der Waals surface area contributed by atoms with Crippen LogP contribution in [0.5, 0.6) is 0 Å². The molecule has 8 aromatic carbocycles. The number of rotatable bonds is 4. The second-order valence-electron chi connectivity index (χ2n) is 11.6. The maximum absolute atomic E-state index is 2.33. The standard InChI is InChI=1S/C44H28S/c1-3-14-29(15-4-1)31-18-11-19-32(28-31)33-24-12-26-39-43-38(25-13-27-40(43)45-44(33)39)42-36-22-9-7-20-34(36)41(30-16-5-2-6-17-30)35-21-8-10-23-37(35)42/h1-28H. The van der Waals surface area contributed by atoms with Crippen LogP contribution in [0.2, 0.25) is 0 Å². The molecule has 1 heterocycles. The minimum absolute atomic E-state index is 1.24. The summed E-state index contributed by atoms with van der Waals surface area (Å²) in [7, 11) is 0. The summed E-state index contributed by atoms with van der Waals surface area (Å²) < 4.78 is 2.65. The fraction of sp³-hybridized carbons (Fsp3) is 0. The largest absolute Gasteiger partial charge is 0.135 e. The van der Waals surface area contributed by atoms with E-state index < -0.39 is 0 Å². The number of fused-ring (bicyclic) bond motifs is 5. The molecule has 9 rings (SSSR count). The van der Waals surface area contributed by atoms with Gasteiger partial charge in [0.15, 0.2) is 0 Å². The summed E-state index contributed by atoms with van der Waals surface area (Å²) in [4.78, 5) is 0. The Labute approximate surface area is 266 Å². The highest BCUT2D eigenvalue weighted by molar-refractivity contribution is 7.26. The van der Waals surface area contributed by atoms with E-state index in [2.05, 4.69) is 170 Å². The van der Waals surface area contributed by atoms with Gasteiger partial charge in [0.1, 0.15) is 0 Å². The predicted octanol–water partition coefficient (Wildman–Crippen LogP) is 13.0. The van der Waals surface area contributed by atoms with Crippen LogP contribution in [0, 0.1) is 0 Å². The number of thiophene rings is 1. The van der Waals surface area contributed by atoms with E-state index in [0.717, 1.165) is 0 Å². The molecule has 0 spiro atoms. The molecule has 0 bridgehead atoms. The van der Waals surface area contributed by atoms with Crippen molar-refractivity contribution in [2.45, 2.75) is 0 Å². The van der Waals surface area contributed by atoms with Gasteiger partial charge in [-0.15, -0.1) is 11.3 Å². The van der Waals surface area contributed by atoms with E-state index in [-0.39, 0.29) is 0 Å². The maximum atomic E-state index is 2.33. The third-order valence-electron chi connectivity index (χ3n) is 9.07. The van der Waals surface area contributed by atoms with Gasteiger partial charge in [-0.1, -0.05) is 158 Å². The molecule has 0 amide bonds. The molecule has 0 unspecified atom stereocenters. The van der Waals surface area contributed by atoms with Crippen LogP contribution < -0.4 is 0 Å². The highest BCUT2D eigenvalue weighted by Gasteiger charge is 2.20. The highest BCUT2D eigenvalue weighted by Crippen LogP contribution is 2.49. The van der Waals surface area contributed by atoms with Gasteiger partial charge < -0.3 is 0 Å². The molecule has 0 aliphatic rings. The van der Waals surface area contributed by atoms with Crippen LogP contribution in [0.1, 0.15) is 0 Å². The predicted molar refractivity (Wildman–Crippen MR) is 196 cm³/mol. The average Bonchev–Trinajstić information content (AvgIpc) is 3.51. The van der Waals surface area contributed by atoms with Gasteiger partial charge in [0, 0.05) is 20.2 Å². The Balaban J connectivity index is 1.34. The Morgan fingerprint density at radius 3 is 1.49 bits per heavy atom. The first-order valence-corrected chi connectivity index (χ1v) is 16.3. The lowest BCUT2D eigenvalue weighted by Gasteiger charge is -2.18. The van der Waals surface area contributed by atoms with E-state index in [1.165, 1.54) is 86.2 Å². The smallest absolute Gasteiger partial charge is 0.0434 e. The van der Waals surface area contributed by atoms with Crippen molar-refractivity contribution in [1.29, 1.82) is 0 Å². The molecule has 210 valence electrons. The minimum Gasteiger partial charge on any atom is -0.135 e. The first-order chi connectivity index (χ1) is 22.3. The van der Waals surface area contributed by atoms with Gasteiger partial charge in [0.25, 0.3) is 0 Å². The molecule has 0 saturated carbocycles. The topological polar surface area (TPSA) is 0 Å². The molecule has 9 aromatic rings. The minimum atomic E-state index is 1.24. The van der Waals surface area contributed by atoms with E-state index in [1.54, 1.807) is 0 Å². The molecular weight excluding hydrogens is 561 g/mol. The number of hydrogen-bond donors (Lipinski definition) is 0. The molecule has 45 heavy (non-hydrogen) atoms. The van der Waals surface area contributed by atoms with Gasteiger partial charge in [0.05, 0.1) is 0 Å². The van der Waals surface area contributed by atoms with Crippen molar-refractivity contribution >= 4 is 53.1 Å². The van der Waals surface area contributed by atoms with E-state index >= 15 is 0 Å². The van der Waals surface area contributed by atoms with Crippen molar-refractivity contribution in [3.8, 4) is 44.5 Å². The Hall–Kier alpha value is -5.50. The summed E-state index contributed by atoms with van der Waals surface area (Å²) in [5.41, 5.74) is 10.2. The van der Waals surface area contributed by atoms with Crippen LogP contribution in [-0.4, -0.2) is 0 Å². The Morgan fingerprint density at radius 2 is 0.800 bits per heavy atom. The molecule has 1 heteroatoms. The fourth-order valence-corrected chi connectivity index (χ4v) is 8.38. The SMILES string of the molecule is c1ccc(-c2cccc(-c3cccc4c3sc3cccc(-c5c6ccccc6c(-c6ccccc6)c6ccccc56)c34)c2)cc1. The summed E-state index contributed by atoms with van der Waals surface area (Å²) in [6, 6.07) is 62.0. The van der Waals surface area contributed by atoms with Crippen LogP contribution in [0.4, 0.5) is 0 Å². The zero-order valence-corrected chi connectivity index (χ0v) is 25.4. The van der Waals surface area contributed by atoms with Crippen LogP contribution in [0.3, 0.4) is 0 Å². The lowest BCUT2D eigenvalue weighted by atomic mass is 9.85. The van der Waals surface area contributed by atoms with Crippen molar-refractivity contribution < 1.29 is 0 Å². The molecule has 0 saturated heterocycles. The summed E-state index contributed by atoms with van der Waals surface area (Å²) in [5, 5.41) is 7.79. The van der Waals surface area contributed by atoms with Crippen molar-refractivity contribution in [2.75, 3.05) is 0 Å². The third-order valence-corrected chi connectivity index (χ3v) is 10.3. The second kappa shape index (κ2) is 10.6. The second-order valence-corrected chi connectivity index (χ2v) is 12.7. The van der Waals surface area contributed by atoms with Crippen LogP contribution in [-0.2, 0) is 0 Å². The van der Waals surface area contributed by atoms with E-state index in [9.17, 15) is 0 Å². The van der Waals surface area contributed by atoms with Crippen molar-refractivity contribution in [2.24, 2.45) is 0 Å². The maximum Gasteiger partial charge on any atom is 0.0434 e. The summed E-state index contributed by atoms with van der Waals surface area (Å²) in [5.74, 6) is 0. The van der Waals surface area contributed by atoms with Gasteiger partial charge in [-0.05, 0) is 78.2 Å². The summed E-state index contributed by atoms with van der Waals surface area (Å²) in [6.07, 6.45) is 0. The van der Waals surface area contributed by atoms with Gasteiger partial charge in [0.2, 0.25) is 0 Å². The molecule has 0 radical (unpaired) electrons. The normalized spacial score (nSPS) is 11.6. The molecular formula is C44H28S. The van der Waals surface area contributed by atoms with Gasteiger partial charge in [-0.25, -0.2) is 0 Å². The van der Waals surface area contributed by atoms with E-state index in [0.29, 0.717) is 0 Å². The van der Waals surface area contributed by atoms with Gasteiger partial charge in [-0.2, -0.15) is 0 Å². The first kappa shape index (κ1) is 25.9. The van der Waals surface area contributed by atoms with Crippen molar-refractivity contribution in [3.63, 3.8) is 0 Å². The van der Waals surface area contributed by atoms with E-state index in [1.807, 2.05) is 11.3 Å². The fourth-order valence-electron chi connectivity index (χ4n) is 7.11. The van der Waals surface area contributed by atoms with Gasteiger partial charge >= 0.3 is 0 Å². The van der Waals surface area contributed by atoms with E-state index in [4.69, 9.17) is 0 Å². The first-order valence-electron chi connectivity index (χ1n) is 15.4. The van der Waals surface area contributed by atoms with Crippen LogP contribution in [0.25, 0.3) is 86.2 Å².